The molecule has 0 aliphatic carbocycles. The monoisotopic (exact) mass is 274 g/mol. The highest BCUT2D eigenvalue weighted by molar-refractivity contribution is 5.26. The summed E-state index contributed by atoms with van der Waals surface area (Å²) in [7, 11) is 0. The van der Waals surface area contributed by atoms with Crippen LogP contribution in [0.5, 0.6) is 0 Å². The second kappa shape index (κ2) is 5.13. The molecule has 2 rings (SSSR count). The van der Waals surface area contributed by atoms with Crippen molar-refractivity contribution in [1.82, 2.24) is 0 Å². The Morgan fingerprint density at radius 2 is 2.16 bits per heavy atom. The molecule has 1 aliphatic heterocycles. The molecule has 0 spiro atoms. The summed E-state index contributed by atoms with van der Waals surface area (Å²) in [5, 5.41) is 10.1. The first-order valence-corrected chi connectivity index (χ1v) is 6.29. The van der Waals surface area contributed by atoms with Crippen molar-refractivity contribution >= 4 is 0 Å². The van der Waals surface area contributed by atoms with Crippen LogP contribution in [0.25, 0.3) is 0 Å². The number of rotatable bonds is 3. The Labute approximate surface area is 110 Å². The molecule has 19 heavy (non-hydrogen) atoms. The molecule has 5 heteroatoms. The molecule has 1 heterocycles. The largest absolute Gasteiger partial charge is 0.416 e. The number of aliphatic hydroxyl groups is 1. The number of hydrogen-bond donors (Lipinski definition) is 1. The highest BCUT2D eigenvalue weighted by atomic mass is 19.4. The van der Waals surface area contributed by atoms with E-state index >= 15 is 0 Å². The lowest BCUT2D eigenvalue weighted by molar-refractivity contribution is -0.137. The van der Waals surface area contributed by atoms with E-state index in [2.05, 4.69) is 0 Å². The minimum absolute atomic E-state index is 0.167. The van der Waals surface area contributed by atoms with Crippen molar-refractivity contribution in [3.8, 4) is 0 Å². The average molecular weight is 274 g/mol. The number of hydrogen-bond acceptors (Lipinski definition) is 2. The molecule has 2 atom stereocenters. The van der Waals surface area contributed by atoms with Crippen molar-refractivity contribution in [1.29, 1.82) is 0 Å². The van der Waals surface area contributed by atoms with Crippen molar-refractivity contribution in [3.05, 3.63) is 35.4 Å². The summed E-state index contributed by atoms with van der Waals surface area (Å²) >= 11 is 0. The molecule has 1 aliphatic rings. The van der Waals surface area contributed by atoms with Crippen LogP contribution in [0.1, 0.15) is 30.9 Å². The van der Waals surface area contributed by atoms with Crippen LogP contribution in [0, 0.1) is 0 Å². The van der Waals surface area contributed by atoms with Gasteiger partial charge in [-0.1, -0.05) is 18.2 Å². The van der Waals surface area contributed by atoms with E-state index < -0.39 is 23.4 Å². The molecule has 2 unspecified atom stereocenters. The highest BCUT2D eigenvalue weighted by Crippen LogP contribution is 2.32. The smallest absolute Gasteiger partial charge is 0.390 e. The van der Waals surface area contributed by atoms with Gasteiger partial charge < -0.3 is 9.84 Å². The Morgan fingerprint density at radius 1 is 1.42 bits per heavy atom. The lowest BCUT2D eigenvalue weighted by Crippen LogP contribution is -2.40. The molecule has 106 valence electrons. The summed E-state index contributed by atoms with van der Waals surface area (Å²) in [6.07, 6.45) is -3.38. The number of benzene rings is 1. The van der Waals surface area contributed by atoms with E-state index in [1.165, 1.54) is 6.07 Å². The fourth-order valence-corrected chi connectivity index (χ4v) is 2.38. The van der Waals surface area contributed by atoms with Gasteiger partial charge in [-0.05, 0) is 31.4 Å². The van der Waals surface area contributed by atoms with Gasteiger partial charge in [0.1, 0.15) is 0 Å². The van der Waals surface area contributed by atoms with E-state index in [-0.39, 0.29) is 6.42 Å². The van der Waals surface area contributed by atoms with Crippen LogP contribution < -0.4 is 0 Å². The zero-order valence-electron chi connectivity index (χ0n) is 10.7. The van der Waals surface area contributed by atoms with Crippen LogP contribution in [-0.4, -0.2) is 23.4 Å². The molecule has 1 aromatic carbocycles. The first kappa shape index (κ1) is 14.3. The Morgan fingerprint density at radius 3 is 2.74 bits per heavy atom. The van der Waals surface area contributed by atoms with Crippen LogP contribution in [0.4, 0.5) is 13.2 Å². The van der Waals surface area contributed by atoms with Crippen molar-refractivity contribution in [2.45, 2.75) is 44.1 Å². The second-order valence-corrected chi connectivity index (χ2v) is 5.18. The first-order chi connectivity index (χ1) is 8.81. The van der Waals surface area contributed by atoms with E-state index in [0.717, 1.165) is 25.0 Å². The van der Waals surface area contributed by atoms with Gasteiger partial charge in [0, 0.05) is 13.0 Å². The number of aliphatic hydroxyl groups excluding tert-OH is 1. The van der Waals surface area contributed by atoms with Crippen LogP contribution >= 0.6 is 0 Å². The maximum Gasteiger partial charge on any atom is 0.416 e. The molecule has 2 nitrogen and oxygen atoms in total. The summed E-state index contributed by atoms with van der Waals surface area (Å²) in [5.74, 6) is 0. The van der Waals surface area contributed by atoms with Gasteiger partial charge in [-0.3, -0.25) is 0 Å². The molecule has 0 saturated carbocycles. The topological polar surface area (TPSA) is 29.5 Å². The van der Waals surface area contributed by atoms with Crippen molar-refractivity contribution in [2.24, 2.45) is 0 Å². The molecule has 0 aromatic heterocycles. The third-order valence-corrected chi connectivity index (χ3v) is 3.64. The van der Waals surface area contributed by atoms with E-state index in [9.17, 15) is 18.3 Å². The average Bonchev–Trinajstić information content (AvgIpc) is 2.77. The van der Waals surface area contributed by atoms with E-state index in [4.69, 9.17) is 4.74 Å². The Bertz CT molecular complexity index is 437. The van der Waals surface area contributed by atoms with Crippen molar-refractivity contribution in [3.63, 3.8) is 0 Å². The Balaban J connectivity index is 2.11. The molecular weight excluding hydrogens is 257 g/mol. The number of alkyl halides is 3. The predicted octanol–water partition coefficient (Wildman–Crippen LogP) is 3.18. The molecule has 0 amide bonds. The van der Waals surface area contributed by atoms with Gasteiger partial charge in [0.2, 0.25) is 0 Å². The van der Waals surface area contributed by atoms with Gasteiger partial charge in [0.05, 0.1) is 17.3 Å². The lowest BCUT2D eigenvalue weighted by atomic mass is 9.90. The minimum Gasteiger partial charge on any atom is -0.390 e. The van der Waals surface area contributed by atoms with Gasteiger partial charge in [-0.15, -0.1) is 0 Å². The van der Waals surface area contributed by atoms with E-state index in [0.29, 0.717) is 12.2 Å². The van der Waals surface area contributed by atoms with Gasteiger partial charge in [0.25, 0.3) is 0 Å². The number of halogens is 3. The predicted molar refractivity (Wildman–Crippen MR) is 64.7 cm³/mol. The van der Waals surface area contributed by atoms with Gasteiger partial charge >= 0.3 is 6.18 Å². The maximum absolute atomic E-state index is 12.6. The number of ether oxygens (including phenoxy) is 1. The maximum atomic E-state index is 12.6. The van der Waals surface area contributed by atoms with Crippen molar-refractivity contribution < 1.29 is 23.0 Å². The van der Waals surface area contributed by atoms with Crippen LogP contribution in [-0.2, 0) is 17.3 Å². The molecule has 0 bridgehead atoms. The Kier molecular flexibility index (Phi) is 3.87. The summed E-state index contributed by atoms with van der Waals surface area (Å²) < 4.78 is 43.3. The Hall–Kier alpha value is -1.07. The SMILES string of the molecule is CC1(C(O)Cc2cccc(C(F)(F)F)c2)CCCO1. The summed E-state index contributed by atoms with van der Waals surface area (Å²) in [4.78, 5) is 0. The standard InChI is InChI=1S/C14H17F3O2/c1-13(6-3-7-19-13)12(18)9-10-4-2-5-11(8-10)14(15,16)17/h2,4-5,8,12,18H,3,6-7,9H2,1H3. The van der Waals surface area contributed by atoms with Crippen molar-refractivity contribution in [2.75, 3.05) is 6.61 Å². The summed E-state index contributed by atoms with van der Waals surface area (Å²) in [6.45, 7) is 2.40. The quantitative estimate of drug-likeness (QED) is 0.917. The van der Waals surface area contributed by atoms with Crippen LogP contribution in [0.3, 0.4) is 0 Å². The molecule has 1 fully saturated rings. The first-order valence-electron chi connectivity index (χ1n) is 6.29. The summed E-state index contributed by atoms with van der Waals surface area (Å²) in [5.41, 5.74) is -0.859. The molecule has 1 N–H and O–H groups in total. The third kappa shape index (κ3) is 3.28. The fraction of sp³-hybridized carbons (Fsp3) is 0.571. The van der Waals surface area contributed by atoms with Crippen LogP contribution in [0.15, 0.2) is 24.3 Å². The molecule has 1 saturated heterocycles. The minimum atomic E-state index is -4.35. The summed E-state index contributed by atoms with van der Waals surface area (Å²) in [6, 6.07) is 5.07. The zero-order chi connectivity index (χ0) is 14.1. The third-order valence-electron chi connectivity index (χ3n) is 3.64. The van der Waals surface area contributed by atoms with Crippen LogP contribution in [0.2, 0.25) is 0 Å². The lowest BCUT2D eigenvalue weighted by Gasteiger charge is -2.29. The zero-order valence-corrected chi connectivity index (χ0v) is 10.7. The van der Waals surface area contributed by atoms with Gasteiger partial charge in [-0.2, -0.15) is 13.2 Å². The molecular formula is C14H17F3O2. The highest BCUT2D eigenvalue weighted by Gasteiger charge is 2.37. The normalized spacial score (nSPS) is 25.5. The fourth-order valence-electron chi connectivity index (χ4n) is 2.38. The van der Waals surface area contributed by atoms with Gasteiger partial charge in [-0.25, -0.2) is 0 Å². The molecule has 0 radical (unpaired) electrons. The second-order valence-electron chi connectivity index (χ2n) is 5.18. The van der Waals surface area contributed by atoms with Gasteiger partial charge in [0.15, 0.2) is 0 Å². The molecule has 1 aromatic rings. The van der Waals surface area contributed by atoms with E-state index in [1.54, 1.807) is 13.0 Å². The van der Waals surface area contributed by atoms with E-state index in [1.807, 2.05) is 0 Å².